The number of hydrogen-bond acceptors (Lipinski definition) is 4. The van der Waals surface area contributed by atoms with Crippen LogP contribution in [0.3, 0.4) is 0 Å². The SMILES string of the molecule is Cc1nn(C)c(C)c1NC(=O)CN(Cc1ccccc1)S(=O)(=O)c1ccc(Cl)cc1. The number of sulfonamides is 1. The molecular weight excluding hydrogens is 424 g/mol. The van der Waals surface area contributed by atoms with Crippen molar-refractivity contribution in [1.82, 2.24) is 14.1 Å². The lowest BCUT2D eigenvalue weighted by molar-refractivity contribution is -0.116. The maximum Gasteiger partial charge on any atom is 0.243 e. The predicted octanol–water partition coefficient (Wildman–Crippen LogP) is 3.52. The van der Waals surface area contributed by atoms with Crippen LogP contribution >= 0.6 is 11.6 Å². The van der Waals surface area contributed by atoms with Crippen molar-refractivity contribution >= 4 is 33.2 Å². The van der Waals surface area contributed by atoms with Crippen LogP contribution in [0, 0.1) is 13.8 Å². The molecule has 0 aliphatic carbocycles. The third-order valence-electron chi connectivity index (χ3n) is 4.75. The van der Waals surface area contributed by atoms with E-state index in [1.807, 2.05) is 37.3 Å². The largest absolute Gasteiger partial charge is 0.322 e. The van der Waals surface area contributed by atoms with Gasteiger partial charge >= 0.3 is 0 Å². The third-order valence-corrected chi connectivity index (χ3v) is 6.80. The van der Waals surface area contributed by atoms with E-state index in [2.05, 4.69) is 10.4 Å². The van der Waals surface area contributed by atoms with Crippen LogP contribution in [0.4, 0.5) is 5.69 Å². The van der Waals surface area contributed by atoms with E-state index >= 15 is 0 Å². The maximum atomic E-state index is 13.3. The van der Waals surface area contributed by atoms with Crippen LogP contribution in [0.2, 0.25) is 5.02 Å². The van der Waals surface area contributed by atoms with Crippen molar-refractivity contribution in [2.45, 2.75) is 25.3 Å². The molecule has 0 saturated heterocycles. The van der Waals surface area contributed by atoms with Crippen LogP contribution in [-0.2, 0) is 28.4 Å². The number of halogens is 1. The van der Waals surface area contributed by atoms with Gasteiger partial charge in [0.1, 0.15) is 0 Å². The molecule has 0 aliphatic heterocycles. The Kier molecular flexibility index (Phi) is 6.60. The molecule has 0 fully saturated rings. The summed E-state index contributed by atoms with van der Waals surface area (Å²) < 4.78 is 29.3. The van der Waals surface area contributed by atoms with Gasteiger partial charge in [-0.1, -0.05) is 41.9 Å². The van der Waals surface area contributed by atoms with Gasteiger partial charge in [0.15, 0.2) is 0 Å². The number of nitrogens with zero attached hydrogens (tertiary/aromatic N) is 3. The summed E-state index contributed by atoms with van der Waals surface area (Å²) in [6.07, 6.45) is 0. The molecule has 0 radical (unpaired) electrons. The first-order valence-electron chi connectivity index (χ1n) is 9.28. The van der Waals surface area contributed by atoms with E-state index in [-0.39, 0.29) is 18.0 Å². The minimum atomic E-state index is -3.93. The Labute approximate surface area is 181 Å². The number of aromatic nitrogens is 2. The molecule has 2 aromatic carbocycles. The van der Waals surface area contributed by atoms with Gasteiger partial charge < -0.3 is 5.32 Å². The lowest BCUT2D eigenvalue weighted by Crippen LogP contribution is -2.37. The van der Waals surface area contributed by atoms with Crippen LogP contribution in [0.1, 0.15) is 17.0 Å². The molecule has 9 heteroatoms. The fourth-order valence-corrected chi connectivity index (χ4v) is 4.57. The Morgan fingerprint density at radius 1 is 1.10 bits per heavy atom. The molecule has 3 rings (SSSR count). The zero-order valence-electron chi connectivity index (χ0n) is 17.0. The second-order valence-electron chi connectivity index (χ2n) is 6.93. The molecule has 0 bridgehead atoms. The van der Waals surface area contributed by atoms with E-state index in [0.29, 0.717) is 16.4 Å². The molecular formula is C21H23ClN4O3S. The van der Waals surface area contributed by atoms with E-state index in [4.69, 9.17) is 11.6 Å². The Balaban J connectivity index is 1.89. The van der Waals surface area contributed by atoms with Gasteiger partial charge in [-0.2, -0.15) is 9.40 Å². The van der Waals surface area contributed by atoms with Crippen molar-refractivity contribution < 1.29 is 13.2 Å². The zero-order valence-corrected chi connectivity index (χ0v) is 18.5. The monoisotopic (exact) mass is 446 g/mol. The fraction of sp³-hybridized carbons (Fsp3) is 0.238. The second kappa shape index (κ2) is 8.99. The average Bonchev–Trinajstić information content (AvgIpc) is 2.94. The molecule has 0 unspecified atom stereocenters. The van der Waals surface area contributed by atoms with Crippen molar-refractivity contribution in [3.63, 3.8) is 0 Å². The van der Waals surface area contributed by atoms with Crippen LogP contribution in [0.5, 0.6) is 0 Å². The number of carbonyl (C=O) groups excluding carboxylic acids is 1. The summed E-state index contributed by atoms with van der Waals surface area (Å²) in [6.45, 7) is 3.34. The van der Waals surface area contributed by atoms with Gasteiger partial charge in [0.2, 0.25) is 15.9 Å². The molecule has 1 N–H and O–H groups in total. The Morgan fingerprint density at radius 3 is 2.30 bits per heavy atom. The van der Waals surface area contributed by atoms with Crippen molar-refractivity contribution in [2.75, 3.05) is 11.9 Å². The first kappa shape index (κ1) is 22.0. The molecule has 7 nitrogen and oxygen atoms in total. The van der Waals surface area contributed by atoms with Gasteiger partial charge in [-0.25, -0.2) is 8.42 Å². The van der Waals surface area contributed by atoms with Crippen LogP contribution in [-0.4, -0.2) is 35.0 Å². The summed E-state index contributed by atoms with van der Waals surface area (Å²) in [5.74, 6) is -0.442. The minimum absolute atomic E-state index is 0.0597. The zero-order chi connectivity index (χ0) is 21.9. The molecule has 158 valence electrons. The summed E-state index contributed by atoms with van der Waals surface area (Å²) in [5.41, 5.74) is 2.82. The van der Waals surface area contributed by atoms with Crippen molar-refractivity contribution in [1.29, 1.82) is 0 Å². The average molecular weight is 447 g/mol. The first-order chi connectivity index (χ1) is 14.2. The summed E-state index contributed by atoms with van der Waals surface area (Å²) >= 11 is 5.90. The number of nitrogens with one attached hydrogen (secondary N) is 1. The number of carbonyl (C=O) groups is 1. The van der Waals surface area contributed by atoms with Crippen LogP contribution in [0.25, 0.3) is 0 Å². The van der Waals surface area contributed by atoms with E-state index in [1.165, 1.54) is 24.3 Å². The number of anilines is 1. The van der Waals surface area contributed by atoms with Crippen molar-refractivity contribution in [2.24, 2.45) is 7.05 Å². The molecule has 1 amide bonds. The van der Waals surface area contributed by atoms with Gasteiger partial charge in [0.05, 0.1) is 28.5 Å². The predicted molar refractivity (Wildman–Crippen MR) is 117 cm³/mol. The molecule has 0 aliphatic rings. The molecule has 1 aromatic heterocycles. The Hall–Kier alpha value is -2.68. The third kappa shape index (κ3) is 4.89. The topological polar surface area (TPSA) is 84.3 Å². The highest BCUT2D eigenvalue weighted by molar-refractivity contribution is 7.89. The van der Waals surface area contributed by atoms with Gasteiger partial charge in [-0.05, 0) is 43.7 Å². The van der Waals surface area contributed by atoms with Gasteiger partial charge in [0.25, 0.3) is 0 Å². The Morgan fingerprint density at radius 2 is 1.73 bits per heavy atom. The van der Waals surface area contributed by atoms with E-state index in [9.17, 15) is 13.2 Å². The summed E-state index contributed by atoms with van der Waals surface area (Å²) in [4.78, 5) is 12.9. The quantitative estimate of drug-likeness (QED) is 0.601. The molecule has 0 atom stereocenters. The van der Waals surface area contributed by atoms with E-state index in [0.717, 1.165) is 15.6 Å². The first-order valence-corrected chi connectivity index (χ1v) is 11.1. The summed E-state index contributed by atoms with van der Waals surface area (Å²) in [7, 11) is -2.14. The maximum absolute atomic E-state index is 13.3. The molecule has 1 heterocycles. The number of aryl methyl sites for hydroxylation is 2. The van der Waals surface area contributed by atoms with Gasteiger partial charge in [-0.15, -0.1) is 0 Å². The van der Waals surface area contributed by atoms with Gasteiger partial charge in [0, 0.05) is 18.6 Å². The number of hydrogen-bond donors (Lipinski definition) is 1. The summed E-state index contributed by atoms with van der Waals surface area (Å²) in [6, 6.07) is 15.0. The molecule has 30 heavy (non-hydrogen) atoms. The molecule has 0 spiro atoms. The summed E-state index contributed by atoms with van der Waals surface area (Å²) in [5, 5.41) is 7.51. The molecule has 3 aromatic rings. The van der Waals surface area contributed by atoms with Crippen molar-refractivity contribution in [3.05, 3.63) is 76.6 Å². The van der Waals surface area contributed by atoms with Crippen LogP contribution < -0.4 is 5.32 Å². The standard InChI is InChI=1S/C21H23ClN4O3S/c1-15-21(16(2)25(3)24-15)23-20(27)14-26(13-17-7-5-4-6-8-17)30(28,29)19-11-9-18(22)10-12-19/h4-12H,13-14H2,1-3H3,(H,23,27). The second-order valence-corrected chi connectivity index (χ2v) is 9.30. The fourth-order valence-electron chi connectivity index (χ4n) is 3.06. The normalized spacial score (nSPS) is 11.6. The van der Waals surface area contributed by atoms with E-state index in [1.54, 1.807) is 18.7 Å². The van der Waals surface area contributed by atoms with E-state index < -0.39 is 15.9 Å². The lowest BCUT2D eigenvalue weighted by atomic mass is 10.2. The highest BCUT2D eigenvalue weighted by Gasteiger charge is 2.27. The smallest absolute Gasteiger partial charge is 0.243 e. The van der Waals surface area contributed by atoms with Gasteiger partial charge in [-0.3, -0.25) is 9.48 Å². The lowest BCUT2D eigenvalue weighted by Gasteiger charge is -2.22. The van der Waals surface area contributed by atoms with Crippen LogP contribution in [0.15, 0.2) is 59.5 Å². The Bertz CT molecular complexity index is 1140. The number of benzene rings is 2. The van der Waals surface area contributed by atoms with Crippen molar-refractivity contribution in [3.8, 4) is 0 Å². The molecule has 0 saturated carbocycles. The number of amides is 1. The highest BCUT2D eigenvalue weighted by atomic mass is 35.5. The highest BCUT2D eigenvalue weighted by Crippen LogP contribution is 2.22. The number of rotatable bonds is 7. The minimum Gasteiger partial charge on any atom is -0.322 e.